The number of nitrogens with zero attached hydrogens (tertiary/aromatic N) is 1. The van der Waals surface area contributed by atoms with Crippen LogP contribution in [0.1, 0.15) is 23.3 Å². The lowest BCUT2D eigenvalue weighted by Crippen LogP contribution is -2.42. The predicted molar refractivity (Wildman–Crippen MR) is 101 cm³/mol. The molecule has 0 amide bonds. The van der Waals surface area contributed by atoms with Gasteiger partial charge in [0.2, 0.25) is 0 Å². The lowest BCUT2D eigenvalue weighted by molar-refractivity contribution is -0.150. The number of likely N-dealkylation sites (tertiary alicyclic amines) is 1. The summed E-state index contributed by atoms with van der Waals surface area (Å²) >= 11 is 1.64. The Balaban J connectivity index is 1.41. The van der Waals surface area contributed by atoms with Crippen LogP contribution in [0.5, 0.6) is 0 Å². The number of thiophene rings is 1. The Kier molecular flexibility index (Phi) is 7.20. The Morgan fingerprint density at radius 1 is 1.23 bits per heavy atom. The fourth-order valence-electron chi connectivity index (χ4n) is 3.15. The van der Waals surface area contributed by atoms with Gasteiger partial charge in [-0.25, -0.2) is 0 Å². The third kappa shape index (κ3) is 5.64. The minimum absolute atomic E-state index is 0.210. The van der Waals surface area contributed by atoms with Gasteiger partial charge in [-0.2, -0.15) is 0 Å². The van der Waals surface area contributed by atoms with Gasteiger partial charge in [0, 0.05) is 11.4 Å². The predicted octanol–water partition coefficient (Wildman–Crippen LogP) is 2.83. The molecule has 0 radical (unpaired) electrons. The average molecular weight is 375 g/mol. The highest BCUT2D eigenvalue weighted by Gasteiger charge is 2.33. The number of β-amino-alcohol motifs (C(OH)–C–C–N with tert-alkyl or cyclic N) is 1. The number of hydrogen-bond acceptors (Lipinski definition) is 6. The normalized spacial score (nSPS) is 18.7. The average Bonchev–Trinajstić information content (AvgIpc) is 3.32. The van der Waals surface area contributed by atoms with E-state index in [4.69, 9.17) is 9.47 Å². The van der Waals surface area contributed by atoms with E-state index in [2.05, 4.69) is 0 Å². The van der Waals surface area contributed by atoms with Crippen molar-refractivity contribution in [2.45, 2.75) is 38.2 Å². The second kappa shape index (κ2) is 9.83. The lowest BCUT2D eigenvalue weighted by atomic mass is 10.2. The molecule has 1 aliphatic heterocycles. The van der Waals surface area contributed by atoms with Crippen molar-refractivity contribution in [1.82, 2.24) is 4.90 Å². The highest BCUT2D eigenvalue weighted by Crippen LogP contribution is 2.19. The molecule has 1 aromatic carbocycles. The fraction of sp³-hybridized carbons (Fsp3) is 0.450. The molecular formula is C20H25NO4S. The van der Waals surface area contributed by atoms with Gasteiger partial charge >= 0.3 is 5.97 Å². The summed E-state index contributed by atoms with van der Waals surface area (Å²) in [5.74, 6) is -0.210. The Hall–Kier alpha value is -1.73. The number of benzene rings is 1. The number of carbonyl (C=O) groups is 1. The summed E-state index contributed by atoms with van der Waals surface area (Å²) in [6, 6.07) is 13.4. The zero-order chi connectivity index (χ0) is 18.2. The summed E-state index contributed by atoms with van der Waals surface area (Å²) in [5, 5.41) is 12.2. The van der Waals surface area contributed by atoms with Crippen LogP contribution in [0.25, 0.3) is 0 Å². The number of rotatable bonds is 9. The number of esters is 1. The number of carbonyl (C=O) groups excluding carboxylic acids is 1. The zero-order valence-electron chi connectivity index (χ0n) is 14.8. The van der Waals surface area contributed by atoms with Crippen molar-refractivity contribution < 1.29 is 19.4 Å². The summed E-state index contributed by atoms with van der Waals surface area (Å²) in [6.45, 7) is 2.29. The van der Waals surface area contributed by atoms with Gasteiger partial charge in [-0.3, -0.25) is 9.69 Å². The topological polar surface area (TPSA) is 59.0 Å². The Morgan fingerprint density at radius 2 is 2.08 bits per heavy atom. The van der Waals surface area contributed by atoms with Crippen LogP contribution < -0.4 is 0 Å². The number of aliphatic hydroxyl groups is 1. The minimum atomic E-state index is -0.613. The quantitative estimate of drug-likeness (QED) is 0.683. The van der Waals surface area contributed by atoms with Crippen LogP contribution in [0.15, 0.2) is 47.8 Å². The molecule has 2 aromatic rings. The van der Waals surface area contributed by atoms with Crippen molar-refractivity contribution in [3.8, 4) is 0 Å². The monoisotopic (exact) mass is 375 g/mol. The van der Waals surface area contributed by atoms with Crippen LogP contribution in [0, 0.1) is 0 Å². The first kappa shape index (κ1) is 19.0. The van der Waals surface area contributed by atoms with Crippen LogP contribution in [0.4, 0.5) is 0 Å². The van der Waals surface area contributed by atoms with E-state index >= 15 is 0 Å². The third-order valence-corrected chi connectivity index (χ3v) is 5.29. The van der Waals surface area contributed by atoms with Gasteiger partial charge in [-0.15, -0.1) is 11.3 Å². The molecule has 140 valence electrons. The smallest absolute Gasteiger partial charge is 0.323 e. The van der Waals surface area contributed by atoms with Crippen LogP contribution >= 0.6 is 11.3 Å². The molecule has 2 heterocycles. The molecule has 0 spiro atoms. The van der Waals surface area contributed by atoms with E-state index in [1.165, 1.54) is 0 Å². The zero-order valence-corrected chi connectivity index (χ0v) is 15.6. The van der Waals surface area contributed by atoms with Gasteiger partial charge in [0.25, 0.3) is 0 Å². The maximum atomic E-state index is 12.4. The lowest BCUT2D eigenvalue weighted by Gasteiger charge is -2.25. The summed E-state index contributed by atoms with van der Waals surface area (Å²) in [6.07, 6.45) is 1.10. The first-order chi connectivity index (χ1) is 12.7. The molecule has 26 heavy (non-hydrogen) atoms. The third-order valence-electron chi connectivity index (χ3n) is 4.44. The van der Waals surface area contributed by atoms with E-state index < -0.39 is 6.10 Å². The molecule has 1 aromatic heterocycles. The van der Waals surface area contributed by atoms with E-state index in [1.807, 2.05) is 52.7 Å². The largest absolute Gasteiger partial charge is 0.460 e. The molecule has 5 nitrogen and oxygen atoms in total. The van der Waals surface area contributed by atoms with E-state index in [0.717, 1.165) is 29.8 Å². The summed E-state index contributed by atoms with van der Waals surface area (Å²) < 4.78 is 11.0. The van der Waals surface area contributed by atoms with Gasteiger partial charge in [0.1, 0.15) is 12.6 Å². The van der Waals surface area contributed by atoms with E-state index in [9.17, 15) is 9.90 Å². The van der Waals surface area contributed by atoms with Crippen LogP contribution in [0.3, 0.4) is 0 Å². The van der Waals surface area contributed by atoms with Crippen molar-refractivity contribution in [2.75, 3.05) is 19.7 Å². The molecule has 6 heteroatoms. The van der Waals surface area contributed by atoms with Gasteiger partial charge in [-0.1, -0.05) is 36.4 Å². The highest BCUT2D eigenvalue weighted by atomic mass is 32.1. The Labute approximate surface area is 158 Å². The van der Waals surface area contributed by atoms with Crippen LogP contribution in [-0.2, 0) is 27.5 Å². The van der Waals surface area contributed by atoms with E-state index in [0.29, 0.717) is 13.2 Å². The van der Waals surface area contributed by atoms with Gasteiger partial charge in [-0.05, 0) is 36.4 Å². The number of hydrogen-bond donors (Lipinski definition) is 1. The molecule has 1 fully saturated rings. The molecule has 3 rings (SSSR count). The van der Waals surface area contributed by atoms with Crippen molar-refractivity contribution in [1.29, 1.82) is 0 Å². The molecule has 2 unspecified atom stereocenters. The fourth-order valence-corrected chi connectivity index (χ4v) is 3.79. The summed E-state index contributed by atoms with van der Waals surface area (Å²) in [7, 11) is 0. The molecule has 0 bridgehead atoms. The first-order valence-electron chi connectivity index (χ1n) is 8.95. The standard InChI is InChI=1S/C20H25NO4S/c22-17(14-24-15-18-8-5-11-26-18)12-21-10-4-9-19(21)20(23)25-13-16-6-2-1-3-7-16/h1-3,5-8,11,17,19,22H,4,9-10,12-15H2. The second-order valence-electron chi connectivity index (χ2n) is 6.49. The Morgan fingerprint density at radius 3 is 2.85 bits per heavy atom. The molecule has 1 saturated heterocycles. The van der Waals surface area contributed by atoms with Gasteiger partial charge in [0.05, 0.1) is 19.3 Å². The first-order valence-corrected chi connectivity index (χ1v) is 9.83. The van der Waals surface area contributed by atoms with Gasteiger partial charge in [0.15, 0.2) is 0 Å². The maximum Gasteiger partial charge on any atom is 0.323 e. The number of aliphatic hydroxyl groups excluding tert-OH is 1. The van der Waals surface area contributed by atoms with Crippen LogP contribution in [-0.4, -0.2) is 47.8 Å². The molecule has 0 saturated carbocycles. The SMILES string of the molecule is O=C(OCc1ccccc1)C1CCCN1CC(O)COCc1cccs1. The van der Waals surface area contributed by atoms with Crippen molar-refractivity contribution in [3.63, 3.8) is 0 Å². The summed E-state index contributed by atoms with van der Waals surface area (Å²) in [4.78, 5) is 15.6. The Bertz CT molecular complexity index is 662. The molecule has 1 aliphatic rings. The van der Waals surface area contributed by atoms with Gasteiger partial charge < -0.3 is 14.6 Å². The van der Waals surface area contributed by atoms with Crippen LogP contribution in [0.2, 0.25) is 0 Å². The summed E-state index contributed by atoms with van der Waals surface area (Å²) in [5.41, 5.74) is 0.979. The highest BCUT2D eigenvalue weighted by molar-refractivity contribution is 7.09. The maximum absolute atomic E-state index is 12.4. The van der Waals surface area contributed by atoms with E-state index in [-0.39, 0.29) is 25.2 Å². The number of ether oxygens (including phenoxy) is 2. The molecule has 0 aliphatic carbocycles. The molecule has 1 N–H and O–H groups in total. The van der Waals surface area contributed by atoms with Crippen molar-refractivity contribution in [3.05, 3.63) is 58.3 Å². The second-order valence-corrected chi connectivity index (χ2v) is 7.53. The van der Waals surface area contributed by atoms with E-state index in [1.54, 1.807) is 11.3 Å². The van der Waals surface area contributed by atoms with Crippen molar-refractivity contribution >= 4 is 17.3 Å². The minimum Gasteiger partial charge on any atom is -0.460 e. The molecule has 2 atom stereocenters. The van der Waals surface area contributed by atoms with Crippen molar-refractivity contribution in [2.24, 2.45) is 0 Å². The molecular weight excluding hydrogens is 350 g/mol.